The van der Waals surface area contributed by atoms with Crippen LogP contribution in [0.15, 0.2) is 0 Å². The van der Waals surface area contributed by atoms with Crippen molar-refractivity contribution in [2.45, 2.75) is 0 Å². The van der Waals surface area contributed by atoms with Gasteiger partial charge in [0.15, 0.2) is 0 Å². The molecular formula is C2N2W. The summed E-state index contributed by atoms with van der Waals surface area (Å²) in [5.74, 6) is 0. The zero-order chi connectivity index (χ0) is 4.00. The molecule has 0 bridgehead atoms. The molecule has 0 fully saturated rings. The van der Waals surface area contributed by atoms with Crippen LogP contribution in [0.4, 0.5) is 0 Å². The smallest absolute Gasteiger partial charge is 0.512 e. The Morgan fingerprint density at radius 3 is 0.800 bits per heavy atom. The molecule has 0 N–H and O–H groups in total. The third kappa shape index (κ3) is 92.8. The molecule has 0 unspecified atom stereocenters. The SMILES string of the molecule is [C-]#N.[C-]#N.[W+2]. The van der Waals surface area contributed by atoms with Crippen molar-refractivity contribution >= 4 is 0 Å². The van der Waals surface area contributed by atoms with E-state index in [2.05, 4.69) is 0 Å². The molecule has 0 aromatic heterocycles. The van der Waals surface area contributed by atoms with Gasteiger partial charge in [0.1, 0.15) is 0 Å². The van der Waals surface area contributed by atoms with Crippen molar-refractivity contribution in [1.29, 1.82) is 10.5 Å². The molecule has 0 saturated carbocycles. The molecule has 0 spiro atoms. The van der Waals surface area contributed by atoms with Gasteiger partial charge in [-0.2, -0.15) is 0 Å². The first kappa shape index (κ1) is 22.6. The van der Waals surface area contributed by atoms with Gasteiger partial charge in [-0.1, -0.05) is 0 Å². The molecule has 2 nitrogen and oxygen atoms in total. The summed E-state index contributed by atoms with van der Waals surface area (Å²) >= 11 is 0. The van der Waals surface area contributed by atoms with E-state index in [0.29, 0.717) is 0 Å². The zero-order valence-electron chi connectivity index (χ0n) is 2.30. The van der Waals surface area contributed by atoms with Gasteiger partial charge in [0.05, 0.1) is 0 Å². The van der Waals surface area contributed by atoms with Crippen molar-refractivity contribution < 1.29 is 21.1 Å². The summed E-state index contributed by atoms with van der Waals surface area (Å²) in [5.41, 5.74) is 0. The summed E-state index contributed by atoms with van der Waals surface area (Å²) in [6.07, 6.45) is 0. The van der Waals surface area contributed by atoms with Gasteiger partial charge in [-0.25, -0.2) is 0 Å². The predicted molar refractivity (Wildman–Crippen MR) is 9.94 cm³/mol. The maximum absolute atomic E-state index is 6.25. The average Bonchev–Trinajstić information content (AvgIpc) is 1.50. The minimum atomic E-state index is 0. The van der Waals surface area contributed by atoms with E-state index >= 15 is 0 Å². The second kappa shape index (κ2) is 237. The maximum atomic E-state index is 6.25. The fourth-order valence-corrected chi connectivity index (χ4v) is 0. The fourth-order valence-electron chi connectivity index (χ4n) is 0. The maximum Gasteiger partial charge on any atom is 2.00 e. The van der Waals surface area contributed by atoms with Gasteiger partial charge in [-0.15, -0.1) is 0 Å². The molecule has 0 aromatic rings. The molecule has 5 heavy (non-hydrogen) atoms. The first-order valence-corrected chi connectivity index (χ1v) is 0.447. The molecule has 3 heteroatoms. The monoisotopic (exact) mass is 236 g/mol. The van der Waals surface area contributed by atoms with Gasteiger partial charge in [0.2, 0.25) is 0 Å². The molecule has 0 amide bonds. The Kier molecular flexibility index (Phi) is 1070. The molecule has 0 radical (unpaired) electrons. The van der Waals surface area contributed by atoms with Crippen LogP contribution in [0.25, 0.3) is 0 Å². The summed E-state index contributed by atoms with van der Waals surface area (Å²) in [5, 5.41) is 12.5. The summed E-state index contributed by atoms with van der Waals surface area (Å²) in [7, 11) is 0. The van der Waals surface area contributed by atoms with E-state index in [0.717, 1.165) is 0 Å². The van der Waals surface area contributed by atoms with Crippen molar-refractivity contribution in [1.82, 2.24) is 0 Å². The quantitative estimate of drug-likeness (QED) is 0.563. The fraction of sp³-hybridized carbons (Fsp3) is 0. The van der Waals surface area contributed by atoms with Crippen LogP contribution in [0.2, 0.25) is 0 Å². The summed E-state index contributed by atoms with van der Waals surface area (Å²) in [6.45, 7) is 9.50. The summed E-state index contributed by atoms with van der Waals surface area (Å²) in [6, 6.07) is 0. The molecule has 0 aliphatic carbocycles. The van der Waals surface area contributed by atoms with Gasteiger partial charge >= 0.3 is 21.1 Å². The van der Waals surface area contributed by atoms with E-state index in [1.54, 1.807) is 0 Å². The minimum Gasteiger partial charge on any atom is -0.512 e. The van der Waals surface area contributed by atoms with Crippen molar-refractivity contribution in [3.05, 3.63) is 13.1 Å². The molecular weight excluding hydrogens is 236 g/mol. The van der Waals surface area contributed by atoms with E-state index in [9.17, 15) is 0 Å². The van der Waals surface area contributed by atoms with Gasteiger partial charge in [-0.05, 0) is 0 Å². The first-order valence-electron chi connectivity index (χ1n) is 0.447. The predicted octanol–water partition coefficient (Wildman–Crippen LogP) is 0.190. The van der Waals surface area contributed by atoms with E-state index in [1.165, 1.54) is 0 Å². The van der Waals surface area contributed by atoms with Gasteiger partial charge in [0.25, 0.3) is 0 Å². The molecule has 0 heterocycles. The van der Waals surface area contributed by atoms with Crippen LogP contribution in [0, 0.1) is 23.7 Å². The van der Waals surface area contributed by atoms with Crippen LogP contribution in [-0.2, 0) is 21.1 Å². The normalized spacial score (nSPS) is 0.800. The second-order valence-corrected chi connectivity index (χ2v) is 0. The second-order valence-electron chi connectivity index (χ2n) is 0. The number of hydrogen-bond donors (Lipinski definition) is 0. The topological polar surface area (TPSA) is 47.6 Å². The Labute approximate surface area is 45.3 Å². The van der Waals surface area contributed by atoms with Crippen molar-refractivity contribution in [2.75, 3.05) is 0 Å². The Balaban J connectivity index is -0.0000000133. The first-order chi connectivity index (χ1) is 2.00. The van der Waals surface area contributed by atoms with Crippen molar-refractivity contribution in [2.24, 2.45) is 0 Å². The van der Waals surface area contributed by atoms with Crippen LogP contribution in [0.1, 0.15) is 0 Å². The Morgan fingerprint density at radius 1 is 0.800 bits per heavy atom. The van der Waals surface area contributed by atoms with Gasteiger partial charge in [-0.3, -0.25) is 0 Å². The molecule has 0 aliphatic heterocycles. The van der Waals surface area contributed by atoms with Crippen LogP contribution in [-0.4, -0.2) is 0 Å². The standard InChI is InChI=1S/2CN.W/c2*1-2;/q2*-1;+2. The number of hydrogen-bond acceptors (Lipinski definition) is 2. The molecule has 0 rings (SSSR count). The average molecular weight is 236 g/mol. The third-order valence-corrected chi connectivity index (χ3v) is 0. The number of rotatable bonds is 0. The van der Waals surface area contributed by atoms with Crippen LogP contribution in [0.5, 0.6) is 0 Å². The zero-order valence-corrected chi connectivity index (χ0v) is 5.24. The minimum absolute atomic E-state index is 0. The van der Waals surface area contributed by atoms with Gasteiger partial charge in [0, 0.05) is 0 Å². The van der Waals surface area contributed by atoms with Crippen molar-refractivity contribution in [3.63, 3.8) is 0 Å². The Hall–Kier alpha value is -0.332. The molecule has 0 aliphatic rings. The van der Waals surface area contributed by atoms with Crippen LogP contribution < -0.4 is 0 Å². The number of nitrogens with zero attached hydrogens (tertiary/aromatic N) is 2. The molecule has 0 atom stereocenters. The molecule has 0 aromatic carbocycles. The van der Waals surface area contributed by atoms with Crippen LogP contribution >= 0.6 is 0 Å². The summed E-state index contributed by atoms with van der Waals surface area (Å²) in [4.78, 5) is 0. The summed E-state index contributed by atoms with van der Waals surface area (Å²) < 4.78 is 0. The molecule has 24 valence electrons. The van der Waals surface area contributed by atoms with E-state index in [-0.39, 0.29) is 21.1 Å². The van der Waals surface area contributed by atoms with Crippen molar-refractivity contribution in [3.8, 4) is 0 Å². The van der Waals surface area contributed by atoms with E-state index < -0.39 is 0 Å². The molecule has 0 saturated heterocycles. The Morgan fingerprint density at radius 2 is 0.800 bits per heavy atom. The van der Waals surface area contributed by atoms with E-state index in [4.69, 9.17) is 23.7 Å². The largest absolute Gasteiger partial charge is 2.00 e. The Bertz CT molecular complexity index is 23.1. The van der Waals surface area contributed by atoms with Gasteiger partial charge < -0.3 is 23.7 Å². The van der Waals surface area contributed by atoms with Crippen LogP contribution in [0.3, 0.4) is 0 Å². The third-order valence-electron chi connectivity index (χ3n) is 0. The van der Waals surface area contributed by atoms with E-state index in [1.807, 2.05) is 0 Å².